The van der Waals surface area contributed by atoms with Gasteiger partial charge in [0.2, 0.25) is 0 Å². The molecular weight excluding hydrogens is 304 g/mol. The van der Waals surface area contributed by atoms with E-state index in [-0.39, 0.29) is 10.9 Å². The van der Waals surface area contributed by atoms with Gasteiger partial charge in [-0.1, -0.05) is 54.2 Å². The molecule has 1 amide bonds. The molecule has 3 nitrogen and oxygen atoms in total. The van der Waals surface area contributed by atoms with Gasteiger partial charge in [-0.3, -0.25) is 4.79 Å². The summed E-state index contributed by atoms with van der Waals surface area (Å²) in [5.41, 5.74) is 1.86. The van der Waals surface area contributed by atoms with E-state index in [0.717, 1.165) is 6.42 Å². The molecule has 2 aromatic rings. The normalized spacial score (nSPS) is 9.95. The molecule has 2 N–H and O–H groups in total. The zero-order valence-electron chi connectivity index (χ0n) is 11.3. The quantitative estimate of drug-likeness (QED) is 0.849. The third-order valence-corrected chi connectivity index (χ3v) is 3.43. The molecule has 0 heterocycles. The molecule has 2 rings (SSSR count). The predicted octanol–water partition coefficient (Wildman–Crippen LogP) is 3.44. The highest BCUT2D eigenvalue weighted by Crippen LogP contribution is 2.13. The van der Waals surface area contributed by atoms with Crippen molar-refractivity contribution in [2.75, 3.05) is 11.9 Å². The lowest BCUT2D eigenvalue weighted by molar-refractivity contribution is -0.110. The van der Waals surface area contributed by atoms with Crippen molar-refractivity contribution in [3.8, 4) is 0 Å². The van der Waals surface area contributed by atoms with Gasteiger partial charge in [0.15, 0.2) is 4.99 Å². The van der Waals surface area contributed by atoms with Gasteiger partial charge in [-0.2, -0.15) is 0 Å². The van der Waals surface area contributed by atoms with Crippen LogP contribution in [0.2, 0.25) is 5.02 Å². The first-order chi connectivity index (χ1) is 10.1. The zero-order valence-corrected chi connectivity index (χ0v) is 12.9. The SMILES string of the molecule is O=C(Nc1ccc(Cl)cc1)C(=S)NCCc1ccccc1. The maximum atomic E-state index is 11.9. The minimum absolute atomic E-state index is 0.181. The fourth-order valence-corrected chi connectivity index (χ4v) is 2.05. The van der Waals surface area contributed by atoms with Crippen LogP contribution in [0.15, 0.2) is 54.6 Å². The Hall–Kier alpha value is -1.91. The molecule has 0 radical (unpaired) electrons. The molecule has 0 aliphatic carbocycles. The fraction of sp³-hybridized carbons (Fsp3) is 0.125. The second kappa shape index (κ2) is 7.76. The van der Waals surface area contributed by atoms with Crippen LogP contribution in [-0.2, 0) is 11.2 Å². The number of hydrogen-bond acceptors (Lipinski definition) is 2. The van der Waals surface area contributed by atoms with Crippen molar-refractivity contribution in [3.05, 3.63) is 65.2 Å². The van der Waals surface area contributed by atoms with E-state index >= 15 is 0 Å². The molecule has 5 heteroatoms. The first-order valence-corrected chi connectivity index (χ1v) is 7.32. The Bertz CT molecular complexity index is 614. The van der Waals surface area contributed by atoms with E-state index < -0.39 is 0 Å². The predicted molar refractivity (Wildman–Crippen MR) is 90.8 cm³/mol. The molecular formula is C16H15ClN2OS. The fourth-order valence-electron chi connectivity index (χ4n) is 1.77. The maximum Gasteiger partial charge on any atom is 0.283 e. The minimum Gasteiger partial charge on any atom is -0.371 e. The largest absolute Gasteiger partial charge is 0.371 e. The minimum atomic E-state index is -0.319. The Balaban J connectivity index is 1.77. The topological polar surface area (TPSA) is 41.1 Å². The molecule has 2 aromatic carbocycles. The Morgan fingerprint density at radius 2 is 1.71 bits per heavy atom. The number of anilines is 1. The second-order valence-electron chi connectivity index (χ2n) is 4.45. The lowest BCUT2D eigenvalue weighted by Crippen LogP contribution is -2.34. The molecule has 0 atom stereocenters. The van der Waals surface area contributed by atoms with Gasteiger partial charge in [0.1, 0.15) is 0 Å². The van der Waals surface area contributed by atoms with Gasteiger partial charge in [0, 0.05) is 17.3 Å². The third kappa shape index (κ3) is 5.17. The van der Waals surface area contributed by atoms with Gasteiger partial charge in [-0.05, 0) is 36.2 Å². The number of hydrogen-bond donors (Lipinski definition) is 2. The number of nitrogens with one attached hydrogen (secondary N) is 2. The van der Waals surface area contributed by atoms with Crippen molar-refractivity contribution in [3.63, 3.8) is 0 Å². The summed E-state index contributed by atoms with van der Waals surface area (Å²) >= 11 is 10.9. The number of halogens is 1. The van der Waals surface area contributed by atoms with Crippen LogP contribution in [0.25, 0.3) is 0 Å². The smallest absolute Gasteiger partial charge is 0.283 e. The molecule has 0 bridgehead atoms. The van der Waals surface area contributed by atoms with Crippen LogP contribution in [0.1, 0.15) is 5.56 Å². The highest BCUT2D eigenvalue weighted by Gasteiger charge is 2.08. The summed E-state index contributed by atoms with van der Waals surface area (Å²) in [5.74, 6) is -0.319. The van der Waals surface area contributed by atoms with Gasteiger partial charge >= 0.3 is 0 Å². The summed E-state index contributed by atoms with van der Waals surface area (Å²) in [6, 6.07) is 16.9. The average Bonchev–Trinajstić information content (AvgIpc) is 2.50. The monoisotopic (exact) mass is 318 g/mol. The lowest BCUT2D eigenvalue weighted by Gasteiger charge is -2.09. The van der Waals surface area contributed by atoms with Gasteiger partial charge < -0.3 is 10.6 Å². The van der Waals surface area contributed by atoms with Gasteiger partial charge in [-0.15, -0.1) is 0 Å². The van der Waals surface area contributed by atoms with Gasteiger partial charge in [0.05, 0.1) is 0 Å². The number of amides is 1. The number of rotatable bonds is 4. The standard InChI is InChI=1S/C16H15ClN2OS/c17-13-6-8-14(9-7-13)19-15(20)16(21)18-11-10-12-4-2-1-3-5-12/h1-9H,10-11H2,(H,18,21)(H,19,20). The van der Waals surface area contributed by atoms with E-state index in [1.165, 1.54) is 5.56 Å². The number of benzene rings is 2. The number of carbonyl (C=O) groups is 1. The first-order valence-electron chi connectivity index (χ1n) is 6.54. The summed E-state index contributed by atoms with van der Waals surface area (Å²) in [7, 11) is 0. The average molecular weight is 319 g/mol. The van der Waals surface area contributed by atoms with Gasteiger partial charge in [0.25, 0.3) is 5.91 Å². The van der Waals surface area contributed by atoms with Crippen molar-refractivity contribution >= 4 is 40.4 Å². The Morgan fingerprint density at radius 3 is 2.38 bits per heavy atom. The second-order valence-corrected chi connectivity index (χ2v) is 5.30. The molecule has 0 aliphatic rings. The molecule has 0 unspecified atom stereocenters. The lowest BCUT2D eigenvalue weighted by atomic mass is 10.1. The molecule has 0 saturated heterocycles. The molecule has 0 aliphatic heterocycles. The highest BCUT2D eigenvalue weighted by molar-refractivity contribution is 7.82. The van der Waals surface area contributed by atoms with E-state index in [1.54, 1.807) is 24.3 Å². The van der Waals surface area contributed by atoms with Crippen molar-refractivity contribution in [1.29, 1.82) is 0 Å². The van der Waals surface area contributed by atoms with Crippen LogP contribution in [0.5, 0.6) is 0 Å². The third-order valence-electron chi connectivity index (χ3n) is 2.85. The molecule has 0 saturated carbocycles. The van der Waals surface area contributed by atoms with E-state index in [1.807, 2.05) is 30.3 Å². The maximum absolute atomic E-state index is 11.9. The number of carbonyl (C=O) groups excluding carboxylic acids is 1. The number of thiocarbonyl (C=S) groups is 1. The molecule has 0 fully saturated rings. The van der Waals surface area contributed by atoms with Crippen LogP contribution >= 0.6 is 23.8 Å². The summed E-state index contributed by atoms with van der Waals surface area (Å²) in [6.45, 7) is 0.622. The van der Waals surface area contributed by atoms with Crippen LogP contribution in [0, 0.1) is 0 Å². The molecule has 0 spiro atoms. The van der Waals surface area contributed by atoms with Crippen molar-refractivity contribution in [2.24, 2.45) is 0 Å². The summed E-state index contributed by atoms with van der Waals surface area (Å²) in [6.07, 6.45) is 0.815. The summed E-state index contributed by atoms with van der Waals surface area (Å²) in [5, 5.41) is 6.29. The first kappa shape index (κ1) is 15.5. The summed E-state index contributed by atoms with van der Waals surface area (Å²) in [4.78, 5) is 12.1. The Morgan fingerprint density at radius 1 is 1.05 bits per heavy atom. The van der Waals surface area contributed by atoms with E-state index in [2.05, 4.69) is 10.6 Å². The van der Waals surface area contributed by atoms with Crippen molar-refractivity contribution in [2.45, 2.75) is 6.42 Å². The van der Waals surface area contributed by atoms with Crippen LogP contribution in [0.4, 0.5) is 5.69 Å². The zero-order chi connectivity index (χ0) is 15.1. The van der Waals surface area contributed by atoms with Crippen LogP contribution in [0.3, 0.4) is 0 Å². The van der Waals surface area contributed by atoms with Crippen molar-refractivity contribution < 1.29 is 4.79 Å². The van der Waals surface area contributed by atoms with Crippen molar-refractivity contribution in [1.82, 2.24) is 5.32 Å². The van der Waals surface area contributed by atoms with E-state index in [4.69, 9.17) is 23.8 Å². The van der Waals surface area contributed by atoms with E-state index in [9.17, 15) is 4.79 Å². The van der Waals surface area contributed by atoms with Crippen LogP contribution in [-0.4, -0.2) is 17.4 Å². The summed E-state index contributed by atoms with van der Waals surface area (Å²) < 4.78 is 0. The molecule has 0 aromatic heterocycles. The molecule has 108 valence electrons. The van der Waals surface area contributed by atoms with Crippen LogP contribution < -0.4 is 10.6 Å². The highest BCUT2D eigenvalue weighted by atomic mass is 35.5. The molecule has 21 heavy (non-hydrogen) atoms. The van der Waals surface area contributed by atoms with E-state index in [0.29, 0.717) is 17.3 Å². The Kier molecular flexibility index (Phi) is 5.72. The van der Waals surface area contributed by atoms with Gasteiger partial charge in [-0.25, -0.2) is 0 Å². The Labute approximate surface area is 134 Å².